The van der Waals surface area contributed by atoms with Crippen LogP contribution in [0.5, 0.6) is 0 Å². The zero-order valence-corrected chi connectivity index (χ0v) is 17.8. The van der Waals surface area contributed by atoms with Gasteiger partial charge in [0.1, 0.15) is 6.04 Å². The first kappa shape index (κ1) is 30.1. The van der Waals surface area contributed by atoms with E-state index >= 15 is 0 Å². The second-order valence-corrected chi connectivity index (χ2v) is 7.50. The summed E-state index contributed by atoms with van der Waals surface area (Å²) < 4.78 is 179. The molecule has 0 radical (unpaired) electrons. The van der Waals surface area contributed by atoms with Gasteiger partial charge in [0, 0.05) is 6.42 Å². The summed E-state index contributed by atoms with van der Waals surface area (Å²) in [5.74, 6) is -43.9. The molecule has 2 rings (SSSR count). The number of alkyl halides is 13. The van der Waals surface area contributed by atoms with Gasteiger partial charge in [-0.3, -0.25) is 14.5 Å². The molecule has 208 valence electrons. The van der Waals surface area contributed by atoms with Crippen LogP contribution in [-0.4, -0.2) is 71.1 Å². The van der Waals surface area contributed by atoms with Gasteiger partial charge >= 0.3 is 41.8 Å². The maximum atomic E-state index is 14.5. The number of fused-ring (bicyclic) bond motifs is 1. The van der Waals surface area contributed by atoms with Gasteiger partial charge in [-0.1, -0.05) is 12.1 Å². The van der Waals surface area contributed by atoms with Crippen molar-refractivity contribution < 1.29 is 76.2 Å². The molecule has 0 bridgehead atoms. The van der Waals surface area contributed by atoms with E-state index in [9.17, 15) is 71.5 Å². The monoisotopic (exact) mass is 565 g/mol. The molecule has 18 heteroatoms. The van der Waals surface area contributed by atoms with Gasteiger partial charge in [0.2, 0.25) is 0 Å². The van der Waals surface area contributed by atoms with E-state index < -0.39 is 88.7 Å². The largest absolute Gasteiger partial charge is 0.464 e. The maximum absolute atomic E-state index is 14.5. The number of hydrogen-bond acceptors (Lipinski definition) is 4. The highest BCUT2D eigenvalue weighted by Gasteiger charge is 2.90. The molecular weight excluding hydrogens is 553 g/mol. The molecule has 0 aliphatic carbocycles. The number of esters is 1. The Morgan fingerprint density at radius 1 is 0.757 bits per heavy atom. The molecule has 1 aliphatic rings. The normalized spacial score (nSPS) is 16.6. The lowest BCUT2D eigenvalue weighted by Gasteiger charge is -2.40. The highest BCUT2D eigenvalue weighted by atomic mass is 19.4. The lowest BCUT2D eigenvalue weighted by molar-refractivity contribution is -0.440. The molecule has 1 unspecified atom stereocenters. The van der Waals surface area contributed by atoms with E-state index in [1.165, 1.54) is 0 Å². The quantitative estimate of drug-likeness (QED) is 0.231. The Morgan fingerprint density at radius 3 is 1.54 bits per heavy atom. The maximum Gasteiger partial charge on any atom is 0.460 e. The zero-order valence-electron chi connectivity index (χ0n) is 17.8. The van der Waals surface area contributed by atoms with Crippen LogP contribution in [0.15, 0.2) is 24.3 Å². The first-order valence-corrected chi connectivity index (χ1v) is 9.60. The Labute approximate surface area is 197 Å². The van der Waals surface area contributed by atoms with Gasteiger partial charge in [0.15, 0.2) is 0 Å². The summed E-state index contributed by atoms with van der Waals surface area (Å²) in [6.07, 6.45) is -10.7. The van der Waals surface area contributed by atoms with Gasteiger partial charge in [-0.2, -0.15) is 57.1 Å². The summed E-state index contributed by atoms with van der Waals surface area (Å²) in [5, 5.41) is 0. The topological polar surface area (TPSA) is 63.7 Å². The fourth-order valence-corrected chi connectivity index (χ4v) is 3.18. The summed E-state index contributed by atoms with van der Waals surface area (Å²) >= 11 is 0. The standard InChI is InChI=1S/C19H12F13NO4/c1-2-37-13(36)10(33-11(34)8-5-3-4-6-9(8)12(33)35)7-14(20,21)15(22,23)16(24,25)17(26,27)18(28,29)19(30,31)32/h3-6,10H,2,7H2,1H3. The minimum atomic E-state index is -8.14. The minimum absolute atomic E-state index is 0.437. The van der Waals surface area contributed by atoms with Crippen LogP contribution in [0.3, 0.4) is 0 Å². The van der Waals surface area contributed by atoms with Gasteiger partial charge < -0.3 is 4.74 Å². The Hall–Kier alpha value is -3.08. The number of imide groups is 1. The summed E-state index contributed by atoms with van der Waals surface area (Å²) in [6, 6.07) is 0.829. The molecule has 2 amide bonds. The van der Waals surface area contributed by atoms with Crippen LogP contribution < -0.4 is 0 Å². The van der Waals surface area contributed by atoms with Crippen molar-refractivity contribution >= 4 is 17.8 Å². The number of benzene rings is 1. The second kappa shape index (κ2) is 9.04. The van der Waals surface area contributed by atoms with E-state index in [2.05, 4.69) is 4.74 Å². The van der Waals surface area contributed by atoms with Crippen molar-refractivity contribution in [2.75, 3.05) is 6.61 Å². The Kier molecular flexibility index (Phi) is 7.36. The summed E-state index contributed by atoms with van der Waals surface area (Å²) in [5.41, 5.74) is -1.17. The second-order valence-electron chi connectivity index (χ2n) is 7.50. The predicted molar refractivity (Wildman–Crippen MR) is 92.8 cm³/mol. The zero-order chi connectivity index (χ0) is 29.0. The molecular formula is C19H12F13NO4. The van der Waals surface area contributed by atoms with Crippen LogP contribution >= 0.6 is 0 Å². The number of ether oxygens (including phenoxy) is 1. The first-order chi connectivity index (χ1) is 16.5. The molecule has 0 N–H and O–H groups in total. The molecule has 1 aromatic rings. The van der Waals surface area contributed by atoms with Gasteiger partial charge in [-0.25, -0.2) is 4.79 Å². The van der Waals surface area contributed by atoms with E-state index in [-0.39, 0.29) is 0 Å². The number of carbonyl (C=O) groups excluding carboxylic acids is 3. The fraction of sp³-hybridized carbons (Fsp3) is 0.526. The lowest BCUT2D eigenvalue weighted by atomic mass is 9.90. The molecule has 1 heterocycles. The molecule has 1 aromatic carbocycles. The fourth-order valence-electron chi connectivity index (χ4n) is 3.18. The molecule has 5 nitrogen and oxygen atoms in total. The number of amides is 2. The average Bonchev–Trinajstić information content (AvgIpc) is 3.01. The van der Waals surface area contributed by atoms with E-state index in [1.54, 1.807) is 0 Å². The molecule has 37 heavy (non-hydrogen) atoms. The minimum Gasteiger partial charge on any atom is -0.464 e. The highest BCUT2D eigenvalue weighted by molar-refractivity contribution is 6.22. The molecule has 0 saturated carbocycles. The smallest absolute Gasteiger partial charge is 0.460 e. The SMILES string of the molecule is CCOC(=O)C(CC(F)(F)C(F)(F)C(F)(F)C(F)(F)C(F)(F)C(F)(F)F)N1C(=O)c2ccccc2C1=O. The van der Waals surface area contributed by atoms with Gasteiger partial charge in [0.05, 0.1) is 17.7 Å². The van der Waals surface area contributed by atoms with Crippen LogP contribution in [0.4, 0.5) is 57.1 Å². The third kappa shape index (κ3) is 4.36. The van der Waals surface area contributed by atoms with Crippen LogP contribution in [0, 0.1) is 0 Å². The average molecular weight is 565 g/mol. The summed E-state index contributed by atoms with van der Waals surface area (Å²) in [6.45, 7) is 0.254. The van der Waals surface area contributed by atoms with Gasteiger partial charge in [0.25, 0.3) is 11.8 Å². The van der Waals surface area contributed by atoms with Gasteiger partial charge in [-0.15, -0.1) is 0 Å². The van der Waals surface area contributed by atoms with E-state index in [0.717, 1.165) is 31.2 Å². The third-order valence-corrected chi connectivity index (χ3v) is 5.14. The van der Waals surface area contributed by atoms with Crippen molar-refractivity contribution in [3.8, 4) is 0 Å². The Bertz CT molecular complexity index is 1050. The number of hydrogen-bond donors (Lipinski definition) is 0. The molecule has 0 saturated heterocycles. The Balaban J connectivity index is 2.58. The predicted octanol–water partition coefficient (Wildman–Crippen LogP) is 5.34. The van der Waals surface area contributed by atoms with E-state index in [4.69, 9.17) is 0 Å². The molecule has 0 spiro atoms. The van der Waals surface area contributed by atoms with Crippen molar-refractivity contribution in [1.29, 1.82) is 0 Å². The summed E-state index contributed by atoms with van der Waals surface area (Å²) in [7, 11) is 0. The van der Waals surface area contributed by atoms with Crippen LogP contribution in [0.1, 0.15) is 34.1 Å². The third-order valence-electron chi connectivity index (χ3n) is 5.14. The van der Waals surface area contributed by atoms with Gasteiger partial charge in [-0.05, 0) is 19.1 Å². The molecule has 0 aromatic heterocycles. The Morgan fingerprint density at radius 2 is 1.16 bits per heavy atom. The van der Waals surface area contributed by atoms with Crippen molar-refractivity contribution in [2.45, 2.75) is 55.2 Å². The van der Waals surface area contributed by atoms with E-state index in [0.29, 0.717) is 0 Å². The van der Waals surface area contributed by atoms with Crippen LogP contribution in [0.25, 0.3) is 0 Å². The van der Waals surface area contributed by atoms with Crippen molar-refractivity contribution in [1.82, 2.24) is 4.90 Å². The van der Waals surface area contributed by atoms with E-state index in [1.807, 2.05) is 0 Å². The molecule has 0 fully saturated rings. The van der Waals surface area contributed by atoms with Crippen molar-refractivity contribution in [2.24, 2.45) is 0 Å². The number of rotatable bonds is 9. The number of halogens is 13. The van der Waals surface area contributed by atoms with Crippen molar-refractivity contribution in [3.63, 3.8) is 0 Å². The highest BCUT2D eigenvalue weighted by Crippen LogP contribution is 2.61. The van der Waals surface area contributed by atoms with Crippen molar-refractivity contribution in [3.05, 3.63) is 35.4 Å². The first-order valence-electron chi connectivity index (χ1n) is 9.60. The number of nitrogens with zero attached hydrogens (tertiary/aromatic N) is 1. The van der Waals surface area contributed by atoms with Crippen LogP contribution in [-0.2, 0) is 9.53 Å². The molecule has 1 atom stereocenters. The summed E-state index contributed by atoms with van der Waals surface area (Å²) in [4.78, 5) is 36.7. The molecule has 1 aliphatic heterocycles. The number of carbonyl (C=O) groups is 3. The lowest BCUT2D eigenvalue weighted by Crippen LogP contribution is -2.70. The van der Waals surface area contributed by atoms with Crippen LogP contribution in [0.2, 0.25) is 0 Å².